The molecule has 2 unspecified atom stereocenters. The van der Waals surface area contributed by atoms with Gasteiger partial charge in [-0.25, -0.2) is 0 Å². The van der Waals surface area contributed by atoms with Crippen molar-refractivity contribution in [1.29, 1.82) is 0 Å². The third-order valence-corrected chi connectivity index (χ3v) is 5.83. The van der Waals surface area contributed by atoms with E-state index < -0.39 is 20.2 Å². The Labute approximate surface area is 189 Å². The van der Waals surface area contributed by atoms with E-state index in [1.54, 1.807) is 0 Å². The van der Waals surface area contributed by atoms with Gasteiger partial charge in [0.1, 0.15) is 6.61 Å². The summed E-state index contributed by atoms with van der Waals surface area (Å²) < 4.78 is 15.3. The molecular weight excluding hydrogens is 376 g/mol. The van der Waals surface area contributed by atoms with Crippen molar-refractivity contribution < 1.29 is 58.0 Å². The summed E-state index contributed by atoms with van der Waals surface area (Å²) in [6.07, 6.45) is 15.3. The minimum Gasteiger partial charge on any atom is -0.756 e. The number of quaternary nitrogens is 1. The molecule has 0 bridgehead atoms. The molecule has 0 saturated carbocycles. The summed E-state index contributed by atoms with van der Waals surface area (Å²) in [5.41, 5.74) is -1.37. The third-order valence-electron chi connectivity index (χ3n) is 5.38. The standard InChI is InChI=1S/C19H42NO5P.Na/c1-5-6-7-8-9-10-11-12-13-14-15-16-17-20(3,4)19(2,21)18-25-26(22,23)24;/h21H,5-18H2,1-4H3,(H-,22,23,24);/q;+1. The SMILES string of the molecule is CCCCCCCCCCCCCC[N+](C)(C)C(C)(O)COP(=O)([O-])O.[Na+]. The average molecular weight is 419 g/mol. The summed E-state index contributed by atoms with van der Waals surface area (Å²) in [6, 6.07) is 0. The Morgan fingerprint density at radius 3 is 1.67 bits per heavy atom. The molecule has 0 aromatic heterocycles. The van der Waals surface area contributed by atoms with Crippen LogP contribution in [0.4, 0.5) is 0 Å². The van der Waals surface area contributed by atoms with Crippen molar-refractivity contribution in [2.45, 2.75) is 96.6 Å². The first-order valence-corrected chi connectivity index (χ1v) is 11.8. The molecule has 0 aliphatic carbocycles. The number of hydrogen-bond donors (Lipinski definition) is 2. The molecule has 158 valence electrons. The Bertz CT molecular complexity index is 402. The maximum absolute atomic E-state index is 10.7. The molecule has 2 atom stereocenters. The molecule has 0 saturated heterocycles. The van der Waals surface area contributed by atoms with Crippen molar-refractivity contribution in [1.82, 2.24) is 0 Å². The van der Waals surface area contributed by atoms with Crippen molar-refractivity contribution in [2.24, 2.45) is 0 Å². The molecule has 0 rings (SSSR count). The van der Waals surface area contributed by atoms with Gasteiger partial charge in [0, 0.05) is 6.92 Å². The maximum atomic E-state index is 10.7. The second kappa shape index (κ2) is 15.8. The summed E-state index contributed by atoms with van der Waals surface area (Å²) in [4.78, 5) is 19.4. The van der Waals surface area contributed by atoms with Crippen molar-refractivity contribution in [2.75, 3.05) is 27.2 Å². The predicted molar refractivity (Wildman–Crippen MR) is 104 cm³/mol. The fourth-order valence-corrected chi connectivity index (χ4v) is 3.38. The molecule has 0 amide bonds. The van der Waals surface area contributed by atoms with E-state index in [4.69, 9.17) is 4.89 Å². The second-order valence-corrected chi connectivity index (χ2v) is 9.45. The fraction of sp³-hybridized carbons (Fsp3) is 1.00. The van der Waals surface area contributed by atoms with Crippen molar-refractivity contribution >= 4 is 7.82 Å². The Morgan fingerprint density at radius 1 is 0.926 bits per heavy atom. The second-order valence-electron chi connectivity index (χ2n) is 8.26. The topological polar surface area (TPSA) is 89.8 Å². The van der Waals surface area contributed by atoms with E-state index in [2.05, 4.69) is 11.4 Å². The summed E-state index contributed by atoms with van der Waals surface area (Å²) in [5, 5.41) is 10.5. The van der Waals surface area contributed by atoms with Crippen LogP contribution >= 0.6 is 7.82 Å². The Hall–Kier alpha value is 1.03. The van der Waals surface area contributed by atoms with Crippen LogP contribution in [0.25, 0.3) is 0 Å². The van der Waals surface area contributed by atoms with Gasteiger partial charge in [0.15, 0.2) is 0 Å². The molecule has 0 aliphatic heterocycles. The molecular formula is C19H42NNaO5P+. The quantitative estimate of drug-likeness (QED) is 0.121. The minimum absolute atomic E-state index is 0. The van der Waals surface area contributed by atoms with Crippen LogP contribution in [0.5, 0.6) is 0 Å². The molecule has 0 aliphatic rings. The Kier molecular flexibility index (Phi) is 17.7. The van der Waals surface area contributed by atoms with E-state index in [0.717, 1.165) is 19.4 Å². The first kappa shape index (κ1) is 30.2. The van der Waals surface area contributed by atoms with Crippen LogP contribution in [0.2, 0.25) is 0 Å². The molecule has 0 spiro atoms. The third kappa shape index (κ3) is 16.5. The van der Waals surface area contributed by atoms with Crippen LogP contribution in [0.3, 0.4) is 0 Å². The van der Waals surface area contributed by atoms with Crippen molar-refractivity contribution in [3.63, 3.8) is 0 Å². The zero-order valence-electron chi connectivity index (χ0n) is 18.4. The zero-order valence-corrected chi connectivity index (χ0v) is 21.3. The molecule has 27 heavy (non-hydrogen) atoms. The Balaban J connectivity index is 0. The molecule has 2 N–H and O–H groups in total. The van der Waals surface area contributed by atoms with Gasteiger partial charge in [0.2, 0.25) is 5.72 Å². The Morgan fingerprint density at radius 2 is 1.30 bits per heavy atom. The first-order valence-electron chi connectivity index (χ1n) is 10.3. The van der Waals surface area contributed by atoms with E-state index in [1.165, 1.54) is 71.1 Å². The zero-order chi connectivity index (χ0) is 20.1. The fourth-order valence-electron chi connectivity index (χ4n) is 2.97. The minimum atomic E-state index is -4.81. The van der Waals surface area contributed by atoms with Crippen LogP contribution in [0.1, 0.15) is 90.9 Å². The van der Waals surface area contributed by atoms with E-state index in [9.17, 15) is 14.6 Å². The molecule has 0 heterocycles. The number of unbranched alkanes of at least 4 members (excludes halogenated alkanes) is 11. The largest absolute Gasteiger partial charge is 1.00 e. The smallest absolute Gasteiger partial charge is 0.756 e. The maximum Gasteiger partial charge on any atom is 1.00 e. The number of rotatable bonds is 17. The number of hydrogen-bond acceptors (Lipinski definition) is 4. The van der Waals surface area contributed by atoms with Crippen LogP contribution in [-0.4, -0.2) is 47.5 Å². The first-order chi connectivity index (χ1) is 12.0. The monoisotopic (exact) mass is 418 g/mol. The van der Waals surface area contributed by atoms with Crippen LogP contribution in [-0.2, 0) is 9.09 Å². The van der Waals surface area contributed by atoms with Crippen LogP contribution in [0, 0.1) is 0 Å². The van der Waals surface area contributed by atoms with Gasteiger partial charge in [-0.2, -0.15) is 0 Å². The molecule has 8 heteroatoms. The van der Waals surface area contributed by atoms with Gasteiger partial charge in [-0.05, 0) is 12.8 Å². The van der Waals surface area contributed by atoms with Crippen molar-refractivity contribution in [3.8, 4) is 0 Å². The van der Waals surface area contributed by atoms with Crippen LogP contribution in [0.15, 0.2) is 0 Å². The molecule has 0 aromatic carbocycles. The van der Waals surface area contributed by atoms with Crippen LogP contribution < -0.4 is 34.5 Å². The van der Waals surface area contributed by atoms with Gasteiger partial charge in [-0.1, -0.05) is 71.1 Å². The number of aliphatic hydroxyl groups is 1. The number of likely N-dealkylation sites (N-methyl/N-ethyl adjacent to an activating group) is 1. The summed E-state index contributed by atoms with van der Waals surface area (Å²) in [6.45, 7) is 4.05. The van der Waals surface area contributed by atoms with E-state index in [-0.39, 0.29) is 34.0 Å². The van der Waals surface area contributed by atoms with E-state index in [1.807, 2.05) is 14.1 Å². The molecule has 0 fully saturated rings. The summed E-state index contributed by atoms with van der Waals surface area (Å²) in [7, 11) is -1.13. The van der Waals surface area contributed by atoms with E-state index in [0.29, 0.717) is 0 Å². The van der Waals surface area contributed by atoms with Gasteiger partial charge < -0.3 is 19.4 Å². The van der Waals surface area contributed by atoms with Gasteiger partial charge >= 0.3 is 29.6 Å². The number of nitrogens with zero attached hydrogens (tertiary/aromatic N) is 1. The average Bonchev–Trinajstić information content (AvgIpc) is 2.53. The molecule has 6 nitrogen and oxygen atoms in total. The van der Waals surface area contributed by atoms with E-state index >= 15 is 0 Å². The van der Waals surface area contributed by atoms with Gasteiger partial charge in [0.05, 0.1) is 20.6 Å². The normalized spacial score (nSPS) is 16.4. The number of phosphoric ester groups is 1. The van der Waals surface area contributed by atoms with Gasteiger partial charge in [-0.15, -0.1) is 0 Å². The summed E-state index contributed by atoms with van der Waals surface area (Å²) in [5.74, 6) is 0. The summed E-state index contributed by atoms with van der Waals surface area (Å²) >= 11 is 0. The van der Waals surface area contributed by atoms with Gasteiger partial charge in [-0.3, -0.25) is 9.05 Å². The van der Waals surface area contributed by atoms with Gasteiger partial charge in [0.25, 0.3) is 7.82 Å². The molecule has 0 radical (unpaired) electrons. The number of phosphoric acid groups is 1. The predicted octanol–water partition coefficient (Wildman–Crippen LogP) is 0.954. The van der Waals surface area contributed by atoms with Crippen molar-refractivity contribution in [3.05, 3.63) is 0 Å². The molecule has 0 aromatic rings.